The Hall–Kier alpha value is -1.02. The van der Waals surface area contributed by atoms with Crippen molar-refractivity contribution in [3.05, 3.63) is 29.8 Å². The maximum Gasteiger partial charge on any atom is 0.119 e. The van der Waals surface area contributed by atoms with Gasteiger partial charge in [0.2, 0.25) is 0 Å². The number of hydrogen-bond donors (Lipinski definition) is 1. The quantitative estimate of drug-likeness (QED) is 0.652. The molecule has 2 nitrogen and oxygen atoms in total. The van der Waals surface area contributed by atoms with E-state index in [0.29, 0.717) is 6.04 Å². The van der Waals surface area contributed by atoms with Gasteiger partial charge in [0.25, 0.3) is 0 Å². The highest BCUT2D eigenvalue weighted by Gasteiger charge is 2.08. The first-order valence-electron chi connectivity index (χ1n) is 7.71. The summed E-state index contributed by atoms with van der Waals surface area (Å²) in [6.45, 7) is 9.80. The summed E-state index contributed by atoms with van der Waals surface area (Å²) in [4.78, 5) is 0. The molecule has 0 spiro atoms. The number of rotatable bonds is 9. The van der Waals surface area contributed by atoms with Crippen molar-refractivity contribution in [2.75, 3.05) is 6.54 Å². The summed E-state index contributed by atoms with van der Waals surface area (Å²) in [5.74, 6) is 0.974. The molecule has 1 N–H and O–H groups in total. The van der Waals surface area contributed by atoms with Gasteiger partial charge in [-0.1, -0.05) is 39.3 Å². The minimum absolute atomic E-state index is 0.288. The van der Waals surface area contributed by atoms with E-state index >= 15 is 0 Å². The minimum Gasteiger partial charge on any atom is -0.491 e. The van der Waals surface area contributed by atoms with Crippen LogP contribution in [0.25, 0.3) is 0 Å². The van der Waals surface area contributed by atoms with Gasteiger partial charge in [-0.25, -0.2) is 0 Å². The molecule has 108 valence electrons. The van der Waals surface area contributed by atoms with E-state index in [1.807, 2.05) is 0 Å². The maximum atomic E-state index is 5.81. The van der Waals surface area contributed by atoms with Gasteiger partial charge in [-0.15, -0.1) is 0 Å². The molecule has 2 atom stereocenters. The van der Waals surface area contributed by atoms with Crippen LogP contribution in [0.2, 0.25) is 0 Å². The molecule has 0 fully saturated rings. The number of unbranched alkanes of at least 4 members (excludes halogenated alkanes) is 1. The molecule has 2 unspecified atom stereocenters. The predicted octanol–water partition coefficient (Wildman–Crippen LogP) is 4.70. The molecule has 2 heteroatoms. The largest absolute Gasteiger partial charge is 0.491 e. The van der Waals surface area contributed by atoms with Crippen LogP contribution in [0.5, 0.6) is 5.75 Å². The summed E-state index contributed by atoms with van der Waals surface area (Å²) in [5.41, 5.74) is 1.36. The first-order valence-corrected chi connectivity index (χ1v) is 7.71. The first-order chi connectivity index (χ1) is 9.21. The van der Waals surface area contributed by atoms with Crippen molar-refractivity contribution in [2.24, 2.45) is 0 Å². The molecule has 1 aromatic carbocycles. The van der Waals surface area contributed by atoms with Gasteiger partial charge in [0.05, 0.1) is 6.10 Å². The number of hydrogen-bond acceptors (Lipinski definition) is 2. The van der Waals surface area contributed by atoms with E-state index in [1.54, 1.807) is 0 Å². The van der Waals surface area contributed by atoms with Gasteiger partial charge in [0.15, 0.2) is 0 Å². The Morgan fingerprint density at radius 2 is 1.74 bits per heavy atom. The molecule has 0 aliphatic heterocycles. The van der Waals surface area contributed by atoms with E-state index in [-0.39, 0.29) is 6.10 Å². The second-order valence-corrected chi connectivity index (χ2v) is 5.17. The highest BCUT2D eigenvalue weighted by atomic mass is 16.5. The molecular weight excluding hydrogens is 234 g/mol. The lowest BCUT2D eigenvalue weighted by Crippen LogP contribution is -2.21. The summed E-state index contributed by atoms with van der Waals surface area (Å²) < 4.78 is 5.81. The maximum absolute atomic E-state index is 5.81. The number of nitrogens with one attached hydrogen (secondary N) is 1. The summed E-state index contributed by atoms with van der Waals surface area (Å²) in [5, 5.41) is 3.62. The summed E-state index contributed by atoms with van der Waals surface area (Å²) in [6, 6.07) is 9.01. The molecule has 0 aliphatic rings. The van der Waals surface area contributed by atoms with Crippen LogP contribution in [0, 0.1) is 0 Å². The fourth-order valence-electron chi connectivity index (χ4n) is 2.05. The highest BCUT2D eigenvalue weighted by molar-refractivity contribution is 5.29. The Balaban J connectivity index is 2.57. The van der Waals surface area contributed by atoms with Crippen molar-refractivity contribution in [2.45, 2.75) is 65.5 Å². The van der Waals surface area contributed by atoms with Crippen molar-refractivity contribution in [1.29, 1.82) is 0 Å². The molecule has 0 bridgehead atoms. The molecule has 0 saturated carbocycles. The van der Waals surface area contributed by atoms with Crippen molar-refractivity contribution >= 4 is 0 Å². The van der Waals surface area contributed by atoms with Crippen LogP contribution in [0.4, 0.5) is 0 Å². The van der Waals surface area contributed by atoms with Gasteiger partial charge >= 0.3 is 0 Å². The molecule has 0 aliphatic carbocycles. The Labute approximate surface area is 118 Å². The third-order valence-corrected chi connectivity index (χ3v) is 3.52. The van der Waals surface area contributed by atoms with Crippen molar-refractivity contribution in [1.82, 2.24) is 5.32 Å². The highest BCUT2D eigenvalue weighted by Crippen LogP contribution is 2.21. The van der Waals surface area contributed by atoms with Gasteiger partial charge < -0.3 is 10.1 Å². The summed E-state index contributed by atoms with van der Waals surface area (Å²) in [7, 11) is 0. The summed E-state index contributed by atoms with van der Waals surface area (Å²) in [6.07, 6.45) is 4.93. The summed E-state index contributed by atoms with van der Waals surface area (Å²) >= 11 is 0. The average Bonchev–Trinajstić information content (AvgIpc) is 2.45. The molecule has 0 saturated heterocycles. The Morgan fingerprint density at radius 1 is 1.05 bits per heavy atom. The smallest absolute Gasteiger partial charge is 0.119 e. The zero-order valence-corrected chi connectivity index (χ0v) is 12.9. The van der Waals surface area contributed by atoms with Gasteiger partial charge in [-0.3, -0.25) is 0 Å². The van der Waals surface area contributed by atoms with E-state index in [2.05, 4.69) is 57.3 Å². The van der Waals surface area contributed by atoms with Gasteiger partial charge in [-0.05, 0) is 50.4 Å². The molecule has 0 heterocycles. The van der Waals surface area contributed by atoms with E-state index in [4.69, 9.17) is 4.74 Å². The van der Waals surface area contributed by atoms with Gasteiger partial charge in [0.1, 0.15) is 5.75 Å². The van der Waals surface area contributed by atoms with Crippen LogP contribution < -0.4 is 10.1 Å². The molecule has 1 rings (SSSR count). The SMILES string of the molecule is CCCCNC(CC)c1ccc(OC(C)CC)cc1. The molecule has 0 amide bonds. The fourth-order valence-corrected chi connectivity index (χ4v) is 2.05. The molecule has 0 aromatic heterocycles. The lowest BCUT2D eigenvalue weighted by molar-refractivity contribution is 0.217. The van der Waals surface area contributed by atoms with Crippen molar-refractivity contribution < 1.29 is 4.74 Å². The third-order valence-electron chi connectivity index (χ3n) is 3.52. The van der Waals surface area contributed by atoms with E-state index in [9.17, 15) is 0 Å². The Kier molecular flexibility index (Phi) is 7.57. The van der Waals surface area contributed by atoms with Gasteiger partial charge in [0, 0.05) is 6.04 Å². The Bertz CT molecular complexity index is 334. The molecule has 1 aromatic rings. The first kappa shape index (κ1) is 16.0. The predicted molar refractivity (Wildman–Crippen MR) is 82.8 cm³/mol. The van der Waals surface area contributed by atoms with E-state index < -0.39 is 0 Å². The van der Waals surface area contributed by atoms with E-state index in [1.165, 1.54) is 18.4 Å². The fraction of sp³-hybridized carbons (Fsp3) is 0.647. The van der Waals surface area contributed by atoms with E-state index in [0.717, 1.165) is 25.1 Å². The standard InChI is InChI=1S/C17H29NO/c1-5-8-13-18-17(7-3)15-9-11-16(12-10-15)19-14(4)6-2/h9-12,14,17-18H,5-8,13H2,1-4H3. The minimum atomic E-state index is 0.288. The third kappa shape index (κ3) is 5.65. The van der Waals surface area contributed by atoms with Crippen molar-refractivity contribution in [3.63, 3.8) is 0 Å². The van der Waals surface area contributed by atoms with Gasteiger partial charge in [-0.2, -0.15) is 0 Å². The molecule has 19 heavy (non-hydrogen) atoms. The number of ether oxygens (including phenoxy) is 1. The second kappa shape index (κ2) is 8.98. The normalized spacial score (nSPS) is 14.1. The molecular formula is C17H29NO. The topological polar surface area (TPSA) is 21.3 Å². The average molecular weight is 263 g/mol. The monoisotopic (exact) mass is 263 g/mol. The lowest BCUT2D eigenvalue weighted by atomic mass is 10.0. The van der Waals surface area contributed by atoms with Crippen LogP contribution in [0.1, 0.15) is 65.0 Å². The zero-order chi connectivity index (χ0) is 14.1. The number of benzene rings is 1. The van der Waals surface area contributed by atoms with Crippen LogP contribution >= 0.6 is 0 Å². The van der Waals surface area contributed by atoms with Crippen molar-refractivity contribution in [3.8, 4) is 5.75 Å². The second-order valence-electron chi connectivity index (χ2n) is 5.17. The van der Waals surface area contributed by atoms with Crippen LogP contribution in [0.3, 0.4) is 0 Å². The van der Waals surface area contributed by atoms with Crippen LogP contribution in [-0.2, 0) is 0 Å². The molecule has 0 radical (unpaired) electrons. The zero-order valence-electron chi connectivity index (χ0n) is 12.9. The lowest BCUT2D eigenvalue weighted by Gasteiger charge is -2.18. The van der Waals surface area contributed by atoms with Crippen LogP contribution in [-0.4, -0.2) is 12.6 Å². The Morgan fingerprint density at radius 3 is 2.26 bits per heavy atom. The van der Waals surface area contributed by atoms with Crippen LogP contribution in [0.15, 0.2) is 24.3 Å².